The van der Waals surface area contributed by atoms with Crippen LogP contribution in [-0.2, 0) is 0 Å². The van der Waals surface area contributed by atoms with Crippen molar-refractivity contribution in [3.8, 4) is 0 Å². The van der Waals surface area contributed by atoms with Crippen molar-refractivity contribution in [3.63, 3.8) is 0 Å². The van der Waals surface area contributed by atoms with Crippen LogP contribution in [0.4, 0.5) is 0 Å². The van der Waals surface area contributed by atoms with Crippen LogP contribution >= 0.6 is 0 Å². The highest BCUT2D eigenvalue weighted by Gasteiger charge is 2.38. The lowest BCUT2D eigenvalue weighted by Gasteiger charge is -2.09. The molecule has 0 heterocycles. The number of rotatable bonds is 2. The quantitative estimate of drug-likeness (QED) is 0.706. The summed E-state index contributed by atoms with van der Waals surface area (Å²) in [5.74, 6) is 1.37. The second kappa shape index (κ2) is 2.91. The van der Waals surface area contributed by atoms with Crippen LogP contribution in [0.15, 0.2) is 30.3 Å². The second-order valence-electron chi connectivity index (χ2n) is 3.76. The van der Waals surface area contributed by atoms with Crippen LogP contribution in [0.2, 0.25) is 0 Å². The molecule has 2 N–H and O–H groups in total. The highest BCUT2D eigenvalue weighted by Crippen LogP contribution is 2.40. The molecule has 1 fully saturated rings. The van der Waals surface area contributed by atoms with Gasteiger partial charge in [0.05, 0.1) is 0 Å². The van der Waals surface area contributed by atoms with Gasteiger partial charge in [0, 0.05) is 6.04 Å². The van der Waals surface area contributed by atoms with Gasteiger partial charge in [0.2, 0.25) is 0 Å². The second-order valence-corrected chi connectivity index (χ2v) is 3.76. The van der Waals surface area contributed by atoms with Gasteiger partial charge in [-0.25, -0.2) is 0 Å². The first-order chi connectivity index (χ1) is 5.79. The monoisotopic (exact) mass is 161 g/mol. The zero-order valence-corrected chi connectivity index (χ0v) is 7.40. The molecule has 0 spiro atoms. The highest BCUT2D eigenvalue weighted by molar-refractivity contribution is 5.22. The molecule has 0 aliphatic heterocycles. The summed E-state index contributed by atoms with van der Waals surface area (Å²) in [5.41, 5.74) is 7.23. The molecule has 3 unspecified atom stereocenters. The maximum absolute atomic E-state index is 5.80. The number of nitrogens with two attached hydrogens (primary N) is 1. The lowest BCUT2D eigenvalue weighted by molar-refractivity contribution is 0.641. The van der Waals surface area contributed by atoms with E-state index in [-0.39, 0.29) is 0 Å². The number of hydrogen-bond donors (Lipinski definition) is 1. The molecule has 0 amide bonds. The predicted molar refractivity (Wildman–Crippen MR) is 50.9 cm³/mol. The van der Waals surface area contributed by atoms with E-state index in [1.165, 1.54) is 12.0 Å². The van der Waals surface area contributed by atoms with Crippen LogP contribution in [0.3, 0.4) is 0 Å². The molecule has 0 aromatic heterocycles. The summed E-state index contributed by atoms with van der Waals surface area (Å²) in [6, 6.07) is 11.1. The minimum atomic E-state index is 0.459. The Bertz CT molecular complexity index is 255. The van der Waals surface area contributed by atoms with Gasteiger partial charge in [-0.2, -0.15) is 0 Å². The zero-order chi connectivity index (χ0) is 8.55. The molecule has 3 atom stereocenters. The molecular formula is C11H15N. The van der Waals surface area contributed by atoms with Gasteiger partial charge in [0.1, 0.15) is 0 Å². The molecular weight excluding hydrogens is 146 g/mol. The van der Waals surface area contributed by atoms with Gasteiger partial charge in [-0.05, 0) is 23.8 Å². The van der Waals surface area contributed by atoms with Crippen molar-refractivity contribution in [3.05, 3.63) is 35.9 Å². The highest BCUT2D eigenvalue weighted by atomic mass is 14.7. The zero-order valence-electron chi connectivity index (χ0n) is 7.40. The fourth-order valence-corrected chi connectivity index (χ4v) is 1.81. The molecule has 0 radical (unpaired) electrons. The summed E-state index contributed by atoms with van der Waals surface area (Å²) >= 11 is 0. The van der Waals surface area contributed by atoms with E-state index in [2.05, 4.69) is 37.3 Å². The number of benzene rings is 1. The van der Waals surface area contributed by atoms with Crippen molar-refractivity contribution in [1.82, 2.24) is 0 Å². The SMILES string of the molecule is CC(c1ccccc1)C1CC1N. The van der Waals surface area contributed by atoms with Crippen molar-refractivity contribution in [2.24, 2.45) is 11.7 Å². The van der Waals surface area contributed by atoms with Crippen molar-refractivity contribution in [1.29, 1.82) is 0 Å². The number of hydrogen-bond acceptors (Lipinski definition) is 1. The molecule has 1 aromatic carbocycles. The molecule has 0 saturated heterocycles. The Kier molecular flexibility index (Phi) is 1.89. The molecule has 64 valence electrons. The fraction of sp³-hybridized carbons (Fsp3) is 0.455. The molecule has 2 rings (SSSR count). The third-order valence-electron chi connectivity index (χ3n) is 2.86. The van der Waals surface area contributed by atoms with E-state index >= 15 is 0 Å². The Labute approximate surface area is 73.6 Å². The lowest BCUT2D eigenvalue weighted by atomic mass is 9.96. The van der Waals surface area contributed by atoms with Crippen molar-refractivity contribution < 1.29 is 0 Å². The Hall–Kier alpha value is -0.820. The van der Waals surface area contributed by atoms with Gasteiger partial charge in [-0.15, -0.1) is 0 Å². The van der Waals surface area contributed by atoms with Gasteiger partial charge in [-0.1, -0.05) is 37.3 Å². The Morgan fingerprint density at radius 2 is 1.92 bits per heavy atom. The minimum Gasteiger partial charge on any atom is -0.327 e. The summed E-state index contributed by atoms with van der Waals surface area (Å²) in [6.07, 6.45) is 1.20. The molecule has 0 bridgehead atoms. The van der Waals surface area contributed by atoms with Crippen LogP contribution in [0.1, 0.15) is 24.8 Å². The normalized spacial score (nSPS) is 29.8. The maximum atomic E-state index is 5.80. The van der Waals surface area contributed by atoms with Crippen LogP contribution in [0.5, 0.6) is 0 Å². The summed E-state index contributed by atoms with van der Waals surface area (Å²) in [7, 11) is 0. The van der Waals surface area contributed by atoms with Crippen molar-refractivity contribution in [2.75, 3.05) is 0 Å². The van der Waals surface area contributed by atoms with Gasteiger partial charge < -0.3 is 5.73 Å². The van der Waals surface area contributed by atoms with Crippen LogP contribution in [0, 0.1) is 5.92 Å². The largest absolute Gasteiger partial charge is 0.327 e. The van der Waals surface area contributed by atoms with Crippen molar-refractivity contribution >= 4 is 0 Å². The predicted octanol–water partition coefficient (Wildman–Crippen LogP) is 2.14. The van der Waals surface area contributed by atoms with Gasteiger partial charge >= 0.3 is 0 Å². The third-order valence-corrected chi connectivity index (χ3v) is 2.86. The average Bonchev–Trinajstić information content (AvgIpc) is 2.83. The van der Waals surface area contributed by atoms with Crippen LogP contribution in [0.25, 0.3) is 0 Å². The van der Waals surface area contributed by atoms with E-state index in [0.29, 0.717) is 12.0 Å². The first-order valence-corrected chi connectivity index (χ1v) is 4.59. The minimum absolute atomic E-state index is 0.459. The maximum Gasteiger partial charge on any atom is 0.00769 e. The summed E-state index contributed by atoms with van der Waals surface area (Å²) in [4.78, 5) is 0. The average molecular weight is 161 g/mol. The van der Waals surface area contributed by atoms with Gasteiger partial charge in [-0.3, -0.25) is 0 Å². The van der Waals surface area contributed by atoms with E-state index in [4.69, 9.17) is 5.73 Å². The molecule has 1 heteroatoms. The molecule has 1 nitrogen and oxygen atoms in total. The van der Waals surface area contributed by atoms with Crippen LogP contribution in [-0.4, -0.2) is 6.04 Å². The molecule has 12 heavy (non-hydrogen) atoms. The third kappa shape index (κ3) is 1.37. The van der Waals surface area contributed by atoms with Gasteiger partial charge in [0.25, 0.3) is 0 Å². The van der Waals surface area contributed by atoms with Crippen molar-refractivity contribution in [2.45, 2.75) is 25.3 Å². The molecule has 1 aliphatic carbocycles. The fourth-order valence-electron chi connectivity index (χ4n) is 1.81. The summed E-state index contributed by atoms with van der Waals surface area (Å²) < 4.78 is 0. The topological polar surface area (TPSA) is 26.0 Å². The van der Waals surface area contributed by atoms with E-state index in [1.54, 1.807) is 0 Å². The summed E-state index contributed by atoms with van der Waals surface area (Å²) in [5, 5.41) is 0. The standard InChI is InChI=1S/C11H15N/c1-8(10-7-11(10)12)9-5-3-2-4-6-9/h2-6,8,10-11H,7,12H2,1H3. The Balaban J connectivity index is 2.10. The lowest BCUT2D eigenvalue weighted by Crippen LogP contribution is -2.06. The smallest absolute Gasteiger partial charge is 0.00769 e. The molecule has 1 saturated carbocycles. The summed E-state index contributed by atoms with van der Waals surface area (Å²) in [6.45, 7) is 2.27. The first-order valence-electron chi connectivity index (χ1n) is 4.59. The van der Waals surface area contributed by atoms with E-state index in [1.807, 2.05) is 0 Å². The first kappa shape index (κ1) is 7.81. The van der Waals surface area contributed by atoms with E-state index < -0.39 is 0 Å². The van der Waals surface area contributed by atoms with E-state index in [0.717, 1.165) is 5.92 Å². The van der Waals surface area contributed by atoms with Crippen LogP contribution < -0.4 is 5.73 Å². The van der Waals surface area contributed by atoms with E-state index in [9.17, 15) is 0 Å². The van der Waals surface area contributed by atoms with Gasteiger partial charge in [0.15, 0.2) is 0 Å². The Morgan fingerprint density at radius 1 is 1.33 bits per heavy atom. The Morgan fingerprint density at radius 3 is 2.42 bits per heavy atom. The molecule has 1 aromatic rings. The molecule has 1 aliphatic rings.